The Morgan fingerprint density at radius 2 is 0.932 bits per heavy atom. The number of hydrogen-bond acceptors (Lipinski definition) is 13. The molecule has 44 heavy (non-hydrogen) atoms. The second-order valence-corrected chi connectivity index (χ2v) is 10.2. The summed E-state index contributed by atoms with van der Waals surface area (Å²) in [4.78, 5) is 47.0. The lowest BCUT2D eigenvalue weighted by atomic mass is 10.2. The van der Waals surface area contributed by atoms with Crippen molar-refractivity contribution >= 4 is 23.7 Å². The van der Waals surface area contributed by atoms with Gasteiger partial charge in [0.15, 0.2) is 0 Å². The van der Waals surface area contributed by atoms with Gasteiger partial charge in [0, 0.05) is 18.7 Å². The van der Waals surface area contributed by atoms with Crippen LogP contribution in [0.2, 0.25) is 0 Å². The van der Waals surface area contributed by atoms with Crippen LogP contribution in [0.4, 0.5) is 0 Å². The summed E-state index contributed by atoms with van der Waals surface area (Å²) in [6.45, 7) is 12.1. The average molecular weight is 635 g/mol. The number of nitrogens with zero attached hydrogens (tertiary/aromatic N) is 1. The lowest BCUT2D eigenvalue weighted by Gasteiger charge is -2.19. The number of imide groups is 1. The quantitative estimate of drug-likeness (QED) is 0.0659. The summed E-state index contributed by atoms with van der Waals surface area (Å²) in [5.41, 5.74) is -0.483. The van der Waals surface area contributed by atoms with Crippen LogP contribution in [-0.2, 0) is 61.8 Å². The van der Waals surface area contributed by atoms with Crippen molar-refractivity contribution in [3.63, 3.8) is 0 Å². The van der Waals surface area contributed by atoms with E-state index in [4.69, 9.17) is 42.6 Å². The molecule has 0 saturated heterocycles. The van der Waals surface area contributed by atoms with E-state index in [2.05, 4.69) is 5.32 Å². The molecule has 0 fully saturated rings. The van der Waals surface area contributed by atoms with Gasteiger partial charge in [0.05, 0.1) is 112 Å². The first-order valence-corrected chi connectivity index (χ1v) is 14.8. The van der Waals surface area contributed by atoms with Crippen LogP contribution in [0.15, 0.2) is 12.2 Å². The Morgan fingerprint density at radius 3 is 1.30 bits per heavy atom. The van der Waals surface area contributed by atoms with E-state index < -0.39 is 23.3 Å². The Hall–Kier alpha value is -2.50. The first-order valence-electron chi connectivity index (χ1n) is 14.8. The molecule has 1 aliphatic rings. The molecule has 0 unspecified atom stereocenters. The van der Waals surface area contributed by atoms with E-state index in [0.29, 0.717) is 99.1 Å². The Bertz CT molecular complexity index is 815. The number of rotatable bonds is 29. The lowest BCUT2D eigenvalue weighted by molar-refractivity contribution is -0.156. The van der Waals surface area contributed by atoms with E-state index >= 15 is 0 Å². The summed E-state index contributed by atoms with van der Waals surface area (Å²) in [5, 5.41) is 2.58. The van der Waals surface area contributed by atoms with Gasteiger partial charge in [-0.15, -0.1) is 0 Å². The Kier molecular flexibility index (Phi) is 23.2. The fraction of sp³-hybridized carbons (Fsp3) is 0.793. The van der Waals surface area contributed by atoms with Gasteiger partial charge in [-0.05, 0) is 20.8 Å². The zero-order valence-electron chi connectivity index (χ0n) is 26.3. The van der Waals surface area contributed by atoms with Crippen LogP contribution in [-0.4, -0.2) is 153 Å². The molecule has 3 amide bonds. The van der Waals surface area contributed by atoms with Crippen molar-refractivity contribution in [2.75, 3.05) is 119 Å². The fourth-order valence-electron chi connectivity index (χ4n) is 3.24. The highest BCUT2D eigenvalue weighted by atomic mass is 16.6. The Balaban J connectivity index is 1.69. The maximum Gasteiger partial charge on any atom is 0.308 e. The van der Waals surface area contributed by atoms with E-state index in [0.717, 1.165) is 17.1 Å². The molecule has 1 aliphatic heterocycles. The van der Waals surface area contributed by atoms with Crippen molar-refractivity contribution in [1.29, 1.82) is 0 Å². The molecule has 1 heterocycles. The predicted octanol–water partition coefficient (Wildman–Crippen LogP) is -0.108. The van der Waals surface area contributed by atoms with Crippen molar-refractivity contribution in [3.05, 3.63) is 12.2 Å². The summed E-state index contributed by atoms with van der Waals surface area (Å²) in [6, 6.07) is 0. The van der Waals surface area contributed by atoms with Gasteiger partial charge >= 0.3 is 5.97 Å². The number of carbonyl (C=O) groups excluding carboxylic acids is 4. The zero-order valence-corrected chi connectivity index (χ0v) is 26.3. The molecular weight excluding hydrogens is 584 g/mol. The molecule has 1 rings (SSSR count). The molecule has 15 heteroatoms. The number of nitrogens with one attached hydrogen (secondary N) is 1. The predicted molar refractivity (Wildman–Crippen MR) is 156 cm³/mol. The molecule has 0 aromatic carbocycles. The third kappa shape index (κ3) is 23.9. The maximum absolute atomic E-state index is 11.7. The smallest absolute Gasteiger partial charge is 0.308 e. The molecule has 0 radical (unpaired) electrons. The lowest BCUT2D eigenvalue weighted by Crippen LogP contribution is -2.41. The number of ether oxygens (including phenoxy) is 9. The van der Waals surface area contributed by atoms with Gasteiger partial charge in [-0.25, -0.2) is 0 Å². The summed E-state index contributed by atoms with van der Waals surface area (Å²) in [7, 11) is 0. The molecule has 0 bridgehead atoms. The van der Waals surface area contributed by atoms with Crippen LogP contribution in [0.5, 0.6) is 0 Å². The van der Waals surface area contributed by atoms with E-state index in [1.54, 1.807) is 0 Å². The minimum atomic E-state index is -0.493. The van der Waals surface area contributed by atoms with Crippen molar-refractivity contribution in [2.45, 2.75) is 32.8 Å². The normalized spacial score (nSPS) is 13.2. The van der Waals surface area contributed by atoms with E-state index in [1.807, 2.05) is 20.8 Å². The first-order chi connectivity index (χ1) is 21.2. The van der Waals surface area contributed by atoms with Crippen LogP contribution in [0, 0.1) is 0 Å². The highest BCUT2D eigenvalue weighted by Crippen LogP contribution is 2.08. The molecule has 0 aromatic heterocycles. The SMILES string of the molecule is CC(C)(C)OC(=O)CCOCCOCCOCCOCCOCCOCCOCCOCCNC(=O)CN1C(=O)C=CC1=O. The molecule has 0 atom stereocenters. The minimum absolute atomic E-state index is 0.220. The number of esters is 1. The molecule has 0 aromatic rings. The standard InChI is InChI=1S/C29H50N2O13/c1-29(2,3)44-28(35)6-8-36-10-12-38-14-16-40-18-20-42-22-23-43-21-19-41-17-15-39-13-11-37-9-7-30-25(32)24-31-26(33)4-5-27(31)34/h4-5H,6-24H2,1-3H3,(H,30,32). The zero-order chi connectivity index (χ0) is 32.3. The third-order valence-electron chi connectivity index (χ3n) is 5.25. The molecular formula is C29H50N2O13. The molecule has 254 valence electrons. The van der Waals surface area contributed by atoms with Crippen molar-refractivity contribution < 1.29 is 61.8 Å². The van der Waals surface area contributed by atoms with Gasteiger partial charge in [0.25, 0.3) is 11.8 Å². The van der Waals surface area contributed by atoms with Gasteiger partial charge in [0.2, 0.25) is 5.91 Å². The van der Waals surface area contributed by atoms with Gasteiger partial charge in [0.1, 0.15) is 12.1 Å². The van der Waals surface area contributed by atoms with Crippen LogP contribution in [0.3, 0.4) is 0 Å². The van der Waals surface area contributed by atoms with Gasteiger partial charge in [-0.2, -0.15) is 0 Å². The minimum Gasteiger partial charge on any atom is -0.460 e. The molecule has 15 nitrogen and oxygen atoms in total. The van der Waals surface area contributed by atoms with Gasteiger partial charge in [-0.1, -0.05) is 0 Å². The van der Waals surface area contributed by atoms with E-state index in [9.17, 15) is 19.2 Å². The van der Waals surface area contributed by atoms with Crippen molar-refractivity contribution in [1.82, 2.24) is 10.2 Å². The Labute approximate surface area is 259 Å². The van der Waals surface area contributed by atoms with Crippen molar-refractivity contribution in [3.8, 4) is 0 Å². The third-order valence-corrected chi connectivity index (χ3v) is 5.25. The van der Waals surface area contributed by atoms with Crippen LogP contribution < -0.4 is 5.32 Å². The monoisotopic (exact) mass is 634 g/mol. The highest BCUT2D eigenvalue weighted by Gasteiger charge is 2.25. The topological polar surface area (TPSA) is 167 Å². The summed E-state index contributed by atoms with van der Waals surface area (Å²) in [6.07, 6.45) is 2.49. The van der Waals surface area contributed by atoms with E-state index in [-0.39, 0.29) is 32.1 Å². The largest absolute Gasteiger partial charge is 0.460 e. The number of amides is 3. The average Bonchev–Trinajstić information content (AvgIpc) is 3.27. The summed E-state index contributed by atoms with van der Waals surface area (Å²) < 4.78 is 48.4. The van der Waals surface area contributed by atoms with Crippen LogP contribution in [0.1, 0.15) is 27.2 Å². The summed E-state index contributed by atoms with van der Waals surface area (Å²) >= 11 is 0. The second-order valence-electron chi connectivity index (χ2n) is 10.2. The fourth-order valence-corrected chi connectivity index (χ4v) is 3.24. The van der Waals surface area contributed by atoms with Crippen LogP contribution in [0.25, 0.3) is 0 Å². The van der Waals surface area contributed by atoms with Gasteiger partial charge in [-0.3, -0.25) is 24.1 Å². The first kappa shape index (κ1) is 39.5. The second kappa shape index (κ2) is 25.8. The highest BCUT2D eigenvalue weighted by molar-refractivity contribution is 6.14. The summed E-state index contributed by atoms with van der Waals surface area (Å²) in [5.74, 6) is -1.69. The molecule has 1 N–H and O–H groups in total. The van der Waals surface area contributed by atoms with E-state index in [1.165, 1.54) is 0 Å². The molecule has 0 aliphatic carbocycles. The maximum atomic E-state index is 11.7. The molecule has 0 spiro atoms. The number of carbonyl (C=O) groups is 4. The van der Waals surface area contributed by atoms with Crippen molar-refractivity contribution in [2.24, 2.45) is 0 Å². The van der Waals surface area contributed by atoms with Crippen LogP contribution >= 0.6 is 0 Å². The Morgan fingerprint density at radius 1 is 0.591 bits per heavy atom. The van der Waals surface area contributed by atoms with Gasteiger partial charge < -0.3 is 47.9 Å². The molecule has 0 saturated carbocycles. The number of hydrogen-bond donors (Lipinski definition) is 1.